The van der Waals surface area contributed by atoms with Crippen LogP contribution in [0, 0.1) is 0 Å². The number of hydrogen-bond donors (Lipinski definition) is 6. The van der Waals surface area contributed by atoms with Gasteiger partial charge < -0.3 is 26.0 Å². The largest absolute Gasteiger partial charge is 0.386 e. The van der Waals surface area contributed by atoms with Gasteiger partial charge >= 0.3 is 0 Å². The smallest absolute Gasteiger partial charge is 0.213 e. The lowest BCUT2D eigenvalue weighted by Crippen LogP contribution is -2.66. The lowest BCUT2D eigenvalue weighted by Gasteiger charge is -2.20. The van der Waals surface area contributed by atoms with Crippen molar-refractivity contribution in [2.24, 2.45) is 29.0 Å². The molecule has 10 heteroatoms. The van der Waals surface area contributed by atoms with Crippen LogP contribution >= 0.6 is 0 Å². The first-order chi connectivity index (χ1) is 6.81. The number of rotatable bonds is 4. The fourth-order valence-electron chi connectivity index (χ4n) is 1.11. The Morgan fingerprint density at radius 1 is 1.20 bits per heavy atom. The van der Waals surface area contributed by atoms with Gasteiger partial charge in [-0.2, -0.15) is 0 Å². The molecule has 11 N–H and O–H groups in total. The van der Waals surface area contributed by atoms with Gasteiger partial charge in [0.25, 0.3) is 0 Å². The molecule has 0 aliphatic carbocycles. The molecule has 0 aromatic carbocycles. The van der Waals surface area contributed by atoms with Crippen molar-refractivity contribution in [1.82, 2.24) is 0 Å². The van der Waals surface area contributed by atoms with Crippen molar-refractivity contribution >= 4 is 0 Å². The maximum atomic E-state index is 9.45. The van der Waals surface area contributed by atoms with E-state index in [0.29, 0.717) is 0 Å². The van der Waals surface area contributed by atoms with E-state index in [1.54, 1.807) is 0 Å². The number of hydrogen-bond acceptors (Lipinski definition) is 9. The first kappa shape index (κ1) is 12.7. The molecule has 0 unspecified atom stereocenters. The Kier molecular flexibility index (Phi) is 3.91. The average molecular weight is 225 g/mol. The molecule has 1 aliphatic rings. The molecule has 0 bridgehead atoms. The van der Waals surface area contributed by atoms with Gasteiger partial charge in [0, 0.05) is 4.97 Å². The molecule has 0 aromatic heterocycles. The highest BCUT2D eigenvalue weighted by Crippen LogP contribution is 2.17. The SMILES string of the molecule is N[C@@H]1O[C@H](N)[C@@H](O)[C@H]1OCO[N+](N)(N)N. The number of ether oxygens (including phenoxy) is 2. The van der Waals surface area contributed by atoms with Crippen molar-refractivity contribution in [3.8, 4) is 0 Å². The summed E-state index contributed by atoms with van der Waals surface area (Å²) in [6.07, 6.45) is -3.59. The first-order valence-corrected chi connectivity index (χ1v) is 4.17. The highest BCUT2D eigenvalue weighted by Gasteiger charge is 2.41. The molecule has 0 saturated carbocycles. The van der Waals surface area contributed by atoms with Crippen LogP contribution in [0.15, 0.2) is 0 Å². The molecular weight excluding hydrogens is 208 g/mol. The second kappa shape index (κ2) is 4.63. The minimum Gasteiger partial charge on any atom is -0.386 e. The van der Waals surface area contributed by atoms with Gasteiger partial charge in [-0.25, -0.2) is 0 Å². The molecule has 0 radical (unpaired) electrons. The van der Waals surface area contributed by atoms with E-state index >= 15 is 0 Å². The fourth-order valence-corrected chi connectivity index (χ4v) is 1.11. The molecular formula is C5H17N6O4+. The lowest BCUT2D eigenvalue weighted by atomic mass is 10.2. The van der Waals surface area contributed by atoms with Gasteiger partial charge in [0.1, 0.15) is 24.7 Å². The Morgan fingerprint density at radius 2 is 1.80 bits per heavy atom. The summed E-state index contributed by atoms with van der Waals surface area (Å²) >= 11 is 0. The van der Waals surface area contributed by atoms with Crippen LogP contribution in [0.1, 0.15) is 0 Å². The Hall–Kier alpha value is -0.400. The van der Waals surface area contributed by atoms with E-state index in [2.05, 4.69) is 4.84 Å². The maximum absolute atomic E-state index is 9.45. The van der Waals surface area contributed by atoms with Crippen LogP contribution in [0.2, 0.25) is 0 Å². The number of nitrogens with zero attached hydrogens (tertiary/aromatic N) is 1. The van der Waals surface area contributed by atoms with E-state index in [-0.39, 0.29) is 6.79 Å². The van der Waals surface area contributed by atoms with Gasteiger partial charge in [-0.3, -0.25) is 0 Å². The maximum Gasteiger partial charge on any atom is 0.213 e. The molecule has 0 aromatic rings. The molecule has 1 rings (SSSR count). The molecule has 1 heterocycles. The van der Waals surface area contributed by atoms with E-state index in [0.717, 1.165) is 0 Å². The molecule has 0 spiro atoms. The first-order valence-electron chi connectivity index (χ1n) is 4.17. The molecule has 4 atom stereocenters. The summed E-state index contributed by atoms with van der Waals surface area (Å²) in [6.45, 7) is -0.352. The zero-order valence-electron chi connectivity index (χ0n) is 8.02. The zero-order valence-corrected chi connectivity index (χ0v) is 8.02. The second-order valence-electron chi connectivity index (χ2n) is 3.20. The summed E-state index contributed by atoms with van der Waals surface area (Å²) in [4.78, 5) is 3.41. The summed E-state index contributed by atoms with van der Waals surface area (Å²) < 4.78 is 9.91. The molecule has 90 valence electrons. The number of aliphatic hydroxyl groups excluding tert-OH is 1. The second-order valence-corrected chi connectivity index (χ2v) is 3.20. The summed E-state index contributed by atoms with van der Waals surface area (Å²) in [6, 6.07) is 0. The Bertz CT molecular complexity index is 210. The Balaban J connectivity index is 2.32. The quantitative estimate of drug-likeness (QED) is 0.119. The van der Waals surface area contributed by atoms with Gasteiger partial charge in [-0.1, -0.05) is 0 Å². The van der Waals surface area contributed by atoms with Crippen molar-refractivity contribution < 1.29 is 24.4 Å². The molecule has 1 aliphatic heterocycles. The van der Waals surface area contributed by atoms with Crippen LogP contribution in [0.4, 0.5) is 0 Å². The van der Waals surface area contributed by atoms with Crippen molar-refractivity contribution in [1.29, 1.82) is 0 Å². The highest BCUT2D eigenvalue weighted by atomic mass is 16.9. The van der Waals surface area contributed by atoms with Crippen molar-refractivity contribution in [3.05, 3.63) is 0 Å². The van der Waals surface area contributed by atoms with Crippen LogP contribution in [0.5, 0.6) is 0 Å². The molecule has 1 saturated heterocycles. The number of aliphatic hydroxyl groups is 1. The van der Waals surface area contributed by atoms with Crippen LogP contribution in [-0.2, 0) is 14.3 Å². The Labute approximate surface area is 85.9 Å². The molecule has 10 nitrogen and oxygen atoms in total. The van der Waals surface area contributed by atoms with Crippen molar-refractivity contribution in [2.45, 2.75) is 24.7 Å². The zero-order chi connectivity index (χ0) is 11.6. The minimum absolute atomic E-state index is 0.352. The highest BCUT2D eigenvalue weighted by molar-refractivity contribution is 4.85. The monoisotopic (exact) mass is 225 g/mol. The number of nitrogens with two attached hydrogens (primary N) is 5. The molecule has 15 heavy (non-hydrogen) atoms. The van der Waals surface area contributed by atoms with E-state index in [1.165, 1.54) is 0 Å². The molecule has 1 fully saturated rings. The standard InChI is InChI=1S/C5H17N6O4/c6-4-2(12)3(5(7)15-4)13-1-14-11(8,9)10/h2-5,12H,1,6-10H2/q+1/t2-,3+,4-,5+/m0/s1. The van der Waals surface area contributed by atoms with Crippen LogP contribution in [-0.4, -0.2) is 41.5 Å². The van der Waals surface area contributed by atoms with Crippen LogP contribution in [0.25, 0.3) is 0 Å². The topological polar surface area (TPSA) is 178 Å². The third-order valence-electron chi connectivity index (χ3n) is 1.85. The van der Waals surface area contributed by atoms with E-state index in [9.17, 15) is 5.11 Å². The minimum atomic E-state index is -1.20. The summed E-state index contributed by atoms with van der Waals surface area (Å²) in [5.41, 5.74) is 10.8. The van der Waals surface area contributed by atoms with Crippen LogP contribution < -0.4 is 29.0 Å². The van der Waals surface area contributed by atoms with E-state index in [4.69, 9.17) is 38.5 Å². The van der Waals surface area contributed by atoms with Gasteiger partial charge in [0.15, 0.2) is 0 Å². The van der Waals surface area contributed by atoms with E-state index < -0.39 is 29.6 Å². The summed E-state index contributed by atoms with van der Waals surface area (Å²) in [7, 11) is 0. The van der Waals surface area contributed by atoms with Crippen molar-refractivity contribution in [2.75, 3.05) is 6.79 Å². The third kappa shape index (κ3) is 3.58. The van der Waals surface area contributed by atoms with E-state index in [1.807, 2.05) is 0 Å². The van der Waals surface area contributed by atoms with Gasteiger partial charge in [0.05, 0.1) is 0 Å². The summed E-state index contributed by atoms with van der Waals surface area (Å²) in [5, 5.41) is 9.45. The lowest BCUT2D eigenvalue weighted by molar-refractivity contribution is -1.14. The van der Waals surface area contributed by atoms with Crippen molar-refractivity contribution in [3.63, 3.8) is 0 Å². The predicted molar refractivity (Wildman–Crippen MR) is 46.7 cm³/mol. The normalized spacial score (nSPS) is 37.2. The van der Waals surface area contributed by atoms with Gasteiger partial charge in [-0.05, 0) is 0 Å². The number of quaternary nitrogens is 1. The predicted octanol–water partition coefficient (Wildman–Crippen LogP) is -4.34. The average Bonchev–Trinajstić information content (AvgIpc) is 2.29. The van der Waals surface area contributed by atoms with Gasteiger partial charge in [-0.15, -0.1) is 22.4 Å². The van der Waals surface area contributed by atoms with Crippen LogP contribution in [0.3, 0.4) is 0 Å². The third-order valence-corrected chi connectivity index (χ3v) is 1.85. The fraction of sp³-hybridized carbons (Fsp3) is 1.00. The molecule has 0 amide bonds. The van der Waals surface area contributed by atoms with Gasteiger partial charge in [0.2, 0.25) is 6.79 Å². The summed E-state index contributed by atoms with van der Waals surface area (Å²) in [5.74, 6) is 15.2. The Morgan fingerprint density at radius 3 is 2.20 bits per heavy atom.